The predicted octanol–water partition coefficient (Wildman–Crippen LogP) is 4.91. The van der Waals surface area contributed by atoms with Gasteiger partial charge in [0.2, 0.25) is 11.8 Å². The average molecular weight is 563 g/mol. The van der Waals surface area contributed by atoms with Crippen molar-refractivity contribution >= 4 is 39.1 Å². The average Bonchev–Trinajstić information content (AvgIpc) is 3.42. The molecule has 7 nitrogen and oxygen atoms in total. The zero-order chi connectivity index (χ0) is 28.4. The van der Waals surface area contributed by atoms with Crippen molar-refractivity contribution in [3.63, 3.8) is 0 Å². The third-order valence-corrected chi connectivity index (χ3v) is 9.01. The maximum atomic E-state index is 14.0. The van der Waals surface area contributed by atoms with Gasteiger partial charge in [-0.25, -0.2) is 0 Å². The van der Waals surface area contributed by atoms with Crippen molar-refractivity contribution in [3.05, 3.63) is 71.1 Å². The van der Waals surface area contributed by atoms with Gasteiger partial charge in [-0.2, -0.15) is 0 Å². The van der Waals surface area contributed by atoms with Crippen molar-refractivity contribution < 1.29 is 14.4 Å². The van der Waals surface area contributed by atoms with Crippen LogP contribution in [0.25, 0.3) is 10.1 Å². The first kappa shape index (κ1) is 29.7. The minimum atomic E-state index is -1.04. The summed E-state index contributed by atoms with van der Waals surface area (Å²) in [5.74, 6) is -0.710. The summed E-state index contributed by atoms with van der Waals surface area (Å²) < 4.78 is 1.04. The number of hydrogen-bond acceptors (Lipinski definition) is 5. The fourth-order valence-electron chi connectivity index (χ4n) is 5.47. The van der Waals surface area contributed by atoms with Gasteiger partial charge in [-0.1, -0.05) is 81.6 Å². The lowest BCUT2D eigenvalue weighted by Crippen LogP contribution is -2.63. The third kappa shape index (κ3) is 7.70. The molecule has 1 heterocycles. The molecule has 3 aromatic rings. The van der Waals surface area contributed by atoms with E-state index in [4.69, 9.17) is 0 Å². The third-order valence-electron chi connectivity index (χ3n) is 7.89. The fourth-order valence-corrected chi connectivity index (χ4v) is 6.43. The van der Waals surface area contributed by atoms with E-state index in [0.29, 0.717) is 30.7 Å². The van der Waals surface area contributed by atoms with Crippen LogP contribution < -0.4 is 16.0 Å². The highest BCUT2D eigenvalue weighted by Crippen LogP contribution is 2.31. The maximum Gasteiger partial charge on any atom is 0.262 e. The summed E-state index contributed by atoms with van der Waals surface area (Å²) in [6.07, 6.45) is 5.05. The van der Waals surface area contributed by atoms with Crippen LogP contribution in [0.3, 0.4) is 0 Å². The molecule has 1 atom stereocenters. The molecule has 1 fully saturated rings. The summed E-state index contributed by atoms with van der Waals surface area (Å²) in [4.78, 5) is 43.7. The molecule has 1 aliphatic rings. The molecule has 3 N–H and O–H groups in total. The molecule has 3 amide bonds. The maximum absolute atomic E-state index is 14.0. The molecular weight excluding hydrogens is 520 g/mol. The summed E-state index contributed by atoms with van der Waals surface area (Å²) in [5, 5.41) is 10.2. The van der Waals surface area contributed by atoms with E-state index in [-0.39, 0.29) is 17.7 Å². The molecule has 1 saturated carbocycles. The molecule has 0 unspecified atom stereocenters. The molecular formula is C32H42N4O3S. The van der Waals surface area contributed by atoms with Gasteiger partial charge in [0.15, 0.2) is 0 Å². The molecule has 0 saturated heterocycles. The van der Waals surface area contributed by atoms with Crippen molar-refractivity contribution in [2.45, 2.75) is 70.4 Å². The number of hydrogen-bond donors (Lipinski definition) is 3. The number of carbonyl (C=O) groups is 3. The van der Waals surface area contributed by atoms with Crippen LogP contribution in [0, 0.1) is 0 Å². The molecule has 0 aliphatic heterocycles. The van der Waals surface area contributed by atoms with Gasteiger partial charge in [0, 0.05) is 17.7 Å². The number of rotatable bonds is 13. The number of nitrogens with one attached hydrogen (secondary N) is 3. The molecule has 2 aromatic carbocycles. The zero-order valence-corrected chi connectivity index (χ0v) is 24.5. The monoisotopic (exact) mass is 562 g/mol. The zero-order valence-electron chi connectivity index (χ0n) is 23.7. The van der Waals surface area contributed by atoms with Gasteiger partial charge in [0.25, 0.3) is 5.91 Å². The lowest BCUT2D eigenvalue weighted by Gasteiger charge is -2.37. The lowest BCUT2D eigenvalue weighted by atomic mass is 9.80. The number of benzene rings is 2. The van der Waals surface area contributed by atoms with Crippen molar-refractivity contribution in [1.82, 2.24) is 20.9 Å². The highest BCUT2D eigenvalue weighted by Gasteiger charge is 2.42. The topological polar surface area (TPSA) is 90.5 Å². The Morgan fingerprint density at radius 1 is 0.950 bits per heavy atom. The smallest absolute Gasteiger partial charge is 0.262 e. The minimum Gasteiger partial charge on any atom is -0.354 e. The Labute approximate surface area is 241 Å². The SMILES string of the molecule is CCN(CC)CCCNC(=O)[C@H](Cc1ccccc1)NC(=O)C1(NC(=O)c2cc3ccccc3s2)CCCCC1. The quantitative estimate of drug-likeness (QED) is 0.258. The van der Waals surface area contributed by atoms with Gasteiger partial charge in [0.1, 0.15) is 11.6 Å². The molecule has 40 heavy (non-hydrogen) atoms. The normalized spacial score (nSPS) is 15.5. The van der Waals surface area contributed by atoms with E-state index >= 15 is 0 Å². The van der Waals surface area contributed by atoms with Crippen LogP contribution in [-0.4, -0.2) is 60.4 Å². The largest absolute Gasteiger partial charge is 0.354 e. The van der Waals surface area contributed by atoms with Crippen LogP contribution in [-0.2, 0) is 16.0 Å². The van der Waals surface area contributed by atoms with E-state index in [1.165, 1.54) is 11.3 Å². The van der Waals surface area contributed by atoms with Crippen molar-refractivity contribution in [1.29, 1.82) is 0 Å². The number of fused-ring (bicyclic) bond motifs is 1. The predicted molar refractivity (Wildman–Crippen MR) is 163 cm³/mol. The molecule has 1 aromatic heterocycles. The van der Waals surface area contributed by atoms with E-state index in [2.05, 4.69) is 34.7 Å². The Morgan fingerprint density at radius 2 is 1.65 bits per heavy atom. The molecule has 0 spiro atoms. The summed E-state index contributed by atoms with van der Waals surface area (Å²) in [7, 11) is 0. The Bertz CT molecular complexity index is 1230. The number of nitrogens with zero attached hydrogens (tertiary/aromatic N) is 1. The van der Waals surface area contributed by atoms with E-state index in [9.17, 15) is 14.4 Å². The number of amides is 3. The van der Waals surface area contributed by atoms with Crippen LogP contribution in [0.4, 0.5) is 0 Å². The highest BCUT2D eigenvalue weighted by molar-refractivity contribution is 7.20. The molecule has 1 aliphatic carbocycles. The first-order valence-corrected chi connectivity index (χ1v) is 15.4. The van der Waals surface area contributed by atoms with Crippen molar-refractivity contribution in [2.75, 3.05) is 26.2 Å². The van der Waals surface area contributed by atoms with Gasteiger partial charge < -0.3 is 20.9 Å². The second-order valence-corrected chi connectivity index (χ2v) is 11.7. The van der Waals surface area contributed by atoms with Gasteiger partial charge in [-0.15, -0.1) is 11.3 Å². The number of carbonyl (C=O) groups excluding carboxylic acids is 3. The summed E-state index contributed by atoms with van der Waals surface area (Å²) in [6.45, 7) is 7.68. The second-order valence-electron chi connectivity index (χ2n) is 10.6. The highest BCUT2D eigenvalue weighted by atomic mass is 32.1. The van der Waals surface area contributed by atoms with Gasteiger partial charge >= 0.3 is 0 Å². The number of thiophene rings is 1. The van der Waals surface area contributed by atoms with E-state index in [1.807, 2.05) is 60.7 Å². The van der Waals surface area contributed by atoms with Crippen LogP contribution in [0.5, 0.6) is 0 Å². The van der Waals surface area contributed by atoms with Crippen molar-refractivity contribution in [3.8, 4) is 0 Å². The van der Waals surface area contributed by atoms with Crippen molar-refractivity contribution in [2.24, 2.45) is 0 Å². The van der Waals surface area contributed by atoms with Crippen LogP contribution in [0.1, 0.15) is 67.6 Å². The van der Waals surface area contributed by atoms with E-state index < -0.39 is 11.6 Å². The Kier molecular flexibility index (Phi) is 10.7. The van der Waals surface area contributed by atoms with E-state index in [0.717, 1.165) is 61.0 Å². The second kappa shape index (κ2) is 14.4. The summed E-state index contributed by atoms with van der Waals surface area (Å²) in [5.41, 5.74) is -0.0678. The molecule has 4 rings (SSSR count). The molecule has 0 bridgehead atoms. The van der Waals surface area contributed by atoms with Crippen LogP contribution >= 0.6 is 11.3 Å². The van der Waals surface area contributed by atoms with Gasteiger partial charge in [-0.05, 0) is 62.0 Å². The standard InChI is InChI=1S/C32H42N4O3S/c1-3-36(4-2)21-13-20-33-29(37)26(22-24-14-7-5-8-15-24)34-31(39)32(18-11-6-12-19-32)35-30(38)28-23-25-16-9-10-17-27(25)40-28/h5,7-10,14-17,23,26H,3-4,6,11-13,18-22H2,1-2H3,(H,33,37)(H,34,39)(H,35,38)/t26-/m0/s1. The Morgan fingerprint density at radius 3 is 2.35 bits per heavy atom. The lowest BCUT2D eigenvalue weighted by molar-refractivity contribution is -0.133. The van der Waals surface area contributed by atoms with Gasteiger partial charge in [0.05, 0.1) is 4.88 Å². The van der Waals surface area contributed by atoms with Gasteiger partial charge in [-0.3, -0.25) is 14.4 Å². The first-order valence-electron chi connectivity index (χ1n) is 14.6. The Hall–Kier alpha value is -3.23. The summed E-state index contributed by atoms with van der Waals surface area (Å²) >= 11 is 1.43. The van der Waals surface area contributed by atoms with Crippen LogP contribution in [0.15, 0.2) is 60.7 Å². The molecule has 214 valence electrons. The summed E-state index contributed by atoms with van der Waals surface area (Å²) in [6, 6.07) is 18.8. The minimum absolute atomic E-state index is 0.196. The Balaban J connectivity index is 1.48. The first-order chi connectivity index (χ1) is 19.4. The van der Waals surface area contributed by atoms with Crippen LogP contribution in [0.2, 0.25) is 0 Å². The molecule has 0 radical (unpaired) electrons. The van der Waals surface area contributed by atoms with E-state index in [1.54, 1.807) is 0 Å². The fraction of sp³-hybridized carbons (Fsp3) is 0.469. The molecule has 8 heteroatoms.